The fraction of sp³-hybridized carbons (Fsp3) is 0.850. The van der Waals surface area contributed by atoms with Crippen LogP contribution in [0.25, 0.3) is 0 Å². The highest BCUT2D eigenvalue weighted by Crippen LogP contribution is 2.14. The molecular weight excluding hydrogens is 657 g/mol. The number of aliphatic hydroxyl groups excluding tert-OH is 2. The van der Waals surface area contributed by atoms with Gasteiger partial charge in [0.25, 0.3) is 0 Å². The van der Waals surface area contributed by atoms with E-state index in [0.29, 0.717) is 50.6 Å². The van der Waals surface area contributed by atoms with Crippen LogP contribution in [0.15, 0.2) is 0 Å². The average Bonchev–Trinajstić information content (AvgIpc) is 2.86. The highest BCUT2D eigenvalue weighted by atomic mass is 32.2. The smallest absolute Gasteiger partial charge is 0.198 e. The Morgan fingerprint density at radius 3 is 1.75 bits per heavy atom. The molecule has 0 saturated heterocycles. The maximum atomic E-state index is 12.1. The van der Waals surface area contributed by atoms with Crippen molar-refractivity contribution >= 4 is 132 Å². The standard InChI is InChI=1S/C20H36O6S10/c21-1-3-34-18(23)13-29-6-5-28-11-12-36(25)17-33-10-9-32-16-26-20(27)15-31-8-7-30-14-19(24)35-4-2-22/h21-22H,1-17H2. The molecule has 16 heteroatoms. The summed E-state index contributed by atoms with van der Waals surface area (Å²) in [6.07, 6.45) is 0. The van der Waals surface area contributed by atoms with Crippen molar-refractivity contribution in [2.24, 2.45) is 0 Å². The first-order valence-corrected chi connectivity index (χ1v) is 21.8. The van der Waals surface area contributed by atoms with E-state index in [1.807, 2.05) is 0 Å². The first kappa shape index (κ1) is 38.1. The summed E-state index contributed by atoms with van der Waals surface area (Å²) < 4.78 is 17.6. The lowest BCUT2D eigenvalue weighted by atomic mass is 10.8. The maximum Gasteiger partial charge on any atom is 0.198 e. The average molecular weight is 693 g/mol. The number of hydrogen-bond acceptors (Lipinski definition) is 15. The van der Waals surface area contributed by atoms with Gasteiger partial charge in [-0.15, -0.1) is 23.5 Å². The summed E-state index contributed by atoms with van der Waals surface area (Å²) in [7, 11) is -0.805. The van der Waals surface area contributed by atoms with E-state index in [9.17, 15) is 13.8 Å². The molecule has 2 N–H and O–H groups in total. The maximum absolute atomic E-state index is 12.1. The van der Waals surface area contributed by atoms with Gasteiger partial charge in [-0.3, -0.25) is 13.8 Å². The summed E-state index contributed by atoms with van der Waals surface area (Å²) >= 11 is 17.7. The van der Waals surface area contributed by atoms with E-state index in [0.717, 1.165) is 40.3 Å². The van der Waals surface area contributed by atoms with Crippen LogP contribution in [0.4, 0.5) is 0 Å². The van der Waals surface area contributed by atoms with E-state index in [4.69, 9.17) is 27.2 Å². The lowest BCUT2D eigenvalue weighted by Gasteiger charge is -2.07. The van der Waals surface area contributed by atoms with Crippen LogP contribution < -0.4 is 0 Å². The Labute approximate surface area is 257 Å². The molecule has 0 bridgehead atoms. The lowest BCUT2D eigenvalue weighted by molar-refractivity contribution is -0.109. The molecule has 0 heterocycles. The number of ether oxygens (including phenoxy) is 1. The minimum absolute atomic E-state index is 0.0345. The van der Waals surface area contributed by atoms with Crippen molar-refractivity contribution < 1.29 is 28.7 Å². The predicted molar refractivity (Wildman–Crippen MR) is 180 cm³/mol. The first-order valence-electron chi connectivity index (χ1n) is 11.0. The van der Waals surface area contributed by atoms with Crippen molar-refractivity contribution in [1.29, 1.82) is 0 Å². The van der Waals surface area contributed by atoms with Crippen molar-refractivity contribution in [2.75, 3.05) is 99.0 Å². The minimum Gasteiger partial charge on any atom is -0.476 e. The van der Waals surface area contributed by atoms with Gasteiger partial charge in [0, 0.05) is 68.3 Å². The molecule has 6 nitrogen and oxygen atoms in total. The third kappa shape index (κ3) is 29.1. The van der Waals surface area contributed by atoms with Crippen molar-refractivity contribution in [2.45, 2.75) is 0 Å². The zero-order valence-corrected chi connectivity index (χ0v) is 28.3. The highest BCUT2D eigenvalue weighted by Gasteiger charge is 2.05. The summed E-state index contributed by atoms with van der Waals surface area (Å²) in [6.45, 7) is 0.0707. The largest absolute Gasteiger partial charge is 0.476 e. The van der Waals surface area contributed by atoms with Gasteiger partial charge in [0.05, 0.1) is 35.6 Å². The monoisotopic (exact) mass is 692 g/mol. The van der Waals surface area contributed by atoms with E-state index in [1.165, 1.54) is 23.5 Å². The zero-order chi connectivity index (χ0) is 26.7. The molecule has 0 fully saturated rings. The summed E-state index contributed by atoms with van der Waals surface area (Å²) in [5.74, 6) is 10.2. The molecule has 0 aromatic carbocycles. The molecule has 0 saturated carbocycles. The Balaban J connectivity index is 3.37. The molecule has 0 aliphatic heterocycles. The molecule has 36 heavy (non-hydrogen) atoms. The van der Waals surface area contributed by atoms with Gasteiger partial charge in [0.15, 0.2) is 15.3 Å². The quantitative estimate of drug-likeness (QED) is 0.0778. The third-order valence-electron chi connectivity index (χ3n) is 3.46. The molecule has 0 spiro atoms. The van der Waals surface area contributed by atoms with E-state index >= 15 is 0 Å². The third-order valence-corrected chi connectivity index (χ3v) is 14.5. The number of hydrogen-bond donors (Lipinski definition) is 2. The molecular formula is C20H36O6S10. The fourth-order valence-corrected chi connectivity index (χ4v) is 11.4. The molecule has 1 unspecified atom stereocenters. The summed E-state index contributed by atoms with van der Waals surface area (Å²) in [4.78, 5) is 22.9. The van der Waals surface area contributed by atoms with Crippen LogP contribution in [0, 0.1) is 0 Å². The molecule has 0 radical (unpaired) electrons. The number of rotatable bonds is 26. The van der Waals surface area contributed by atoms with Gasteiger partial charge >= 0.3 is 0 Å². The predicted octanol–water partition coefficient (Wildman–Crippen LogP) is 3.90. The van der Waals surface area contributed by atoms with E-state index < -0.39 is 10.8 Å². The van der Waals surface area contributed by atoms with Crippen LogP contribution in [0.5, 0.6) is 0 Å². The fourth-order valence-electron chi connectivity index (χ4n) is 1.90. The second kappa shape index (κ2) is 30.1. The van der Waals surface area contributed by atoms with Gasteiger partial charge in [-0.1, -0.05) is 23.5 Å². The Morgan fingerprint density at radius 2 is 1.17 bits per heavy atom. The van der Waals surface area contributed by atoms with Crippen LogP contribution >= 0.6 is 106 Å². The Kier molecular flexibility index (Phi) is 31.8. The SMILES string of the molecule is O=C(CSCCSCCS(=O)CSCCSCOC(=S)CSCCSCC(=O)SCCO)SCCO. The van der Waals surface area contributed by atoms with Gasteiger partial charge < -0.3 is 14.9 Å². The molecule has 0 aromatic heterocycles. The number of thiocarbonyl (C=S) groups is 1. The molecule has 0 aromatic rings. The summed E-state index contributed by atoms with van der Waals surface area (Å²) in [6, 6.07) is 0. The van der Waals surface area contributed by atoms with Crippen LogP contribution in [0.1, 0.15) is 0 Å². The minimum atomic E-state index is -0.805. The van der Waals surface area contributed by atoms with Gasteiger partial charge in [-0.2, -0.15) is 47.0 Å². The normalized spacial score (nSPS) is 11.9. The van der Waals surface area contributed by atoms with Crippen LogP contribution in [-0.4, -0.2) is 129 Å². The second-order valence-corrected chi connectivity index (χ2v) is 17.8. The highest BCUT2D eigenvalue weighted by molar-refractivity contribution is 8.16. The molecule has 0 rings (SSSR count). The molecule has 212 valence electrons. The van der Waals surface area contributed by atoms with Gasteiger partial charge in [0.2, 0.25) is 0 Å². The van der Waals surface area contributed by atoms with Crippen molar-refractivity contribution in [1.82, 2.24) is 0 Å². The van der Waals surface area contributed by atoms with Crippen molar-refractivity contribution in [3.8, 4) is 0 Å². The second-order valence-electron chi connectivity index (χ2n) is 6.37. The van der Waals surface area contributed by atoms with Crippen LogP contribution in [-0.2, 0) is 25.1 Å². The number of aliphatic hydroxyl groups is 2. The van der Waals surface area contributed by atoms with Crippen molar-refractivity contribution in [3.63, 3.8) is 0 Å². The summed E-state index contributed by atoms with van der Waals surface area (Å²) in [5, 5.41) is 18.9. The number of thioether (sulfide) groups is 8. The number of carbonyl (C=O) groups excluding carboxylic acids is 2. The van der Waals surface area contributed by atoms with Gasteiger partial charge in [0.1, 0.15) is 5.94 Å². The molecule has 1 atom stereocenters. The first-order chi connectivity index (χ1) is 17.5. The summed E-state index contributed by atoms with van der Waals surface area (Å²) in [5.41, 5.74) is 0. The zero-order valence-electron chi connectivity index (χ0n) is 20.1. The van der Waals surface area contributed by atoms with E-state index in [-0.39, 0.29) is 23.4 Å². The van der Waals surface area contributed by atoms with E-state index in [2.05, 4.69) is 0 Å². The Hall–Kier alpha value is 2.10. The number of carbonyl (C=O) groups is 2. The molecule has 0 aliphatic carbocycles. The molecule has 0 aliphatic rings. The van der Waals surface area contributed by atoms with Gasteiger partial charge in [-0.05, 0) is 12.2 Å². The van der Waals surface area contributed by atoms with Crippen LogP contribution in [0.2, 0.25) is 0 Å². The Bertz CT molecular complexity index is 599. The van der Waals surface area contributed by atoms with E-state index in [1.54, 1.807) is 70.6 Å². The van der Waals surface area contributed by atoms with Crippen LogP contribution in [0.3, 0.4) is 0 Å². The lowest BCUT2D eigenvalue weighted by Crippen LogP contribution is -2.07. The van der Waals surface area contributed by atoms with Crippen molar-refractivity contribution in [3.05, 3.63) is 0 Å². The topological polar surface area (TPSA) is 101 Å². The van der Waals surface area contributed by atoms with Gasteiger partial charge in [-0.25, -0.2) is 0 Å². The Morgan fingerprint density at radius 1 is 0.667 bits per heavy atom. The molecule has 0 amide bonds.